The van der Waals surface area contributed by atoms with E-state index in [9.17, 15) is 5.11 Å². The van der Waals surface area contributed by atoms with Crippen molar-refractivity contribution >= 4 is 34.8 Å². The number of benzene rings is 2. The molecule has 0 amide bonds. The van der Waals surface area contributed by atoms with Gasteiger partial charge in [-0.25, -0.2) is 4.68 Å². The van der Waals surface area contributed by atoms with Gasteiger partial charge in [0, 0.05) is 22.3 Å². The third-order valence-electron chi connectivity index (χ3n) is 3.25. The van der Waals surface area contributed by atoms with E-state index in [1.165, 1.54) is 0 Å². The van der Waals surface area contributed by atoms with Gasteiger partial charge in [-0.15, -0.1) is 0 Å². The number of hydrogen-bond donors (Lipinski definition) is 1. The maximum Gasteiger partial charge on any atom is 0.0997 e. The van der Waals surface area contributed by atoms with Crippen LogP contribution in [0.5, 0.6) is 0 Å². The van der Waals surface area contributed by atoms with Gasteiger partial charge in [0.25, 0.3) is 0 Å². The quantitative estimate of drug-likeness (QED) is 0.720. The molecular weight excluding hydrogens is 343 g/mol. The number of aromatic nitrogens is 2. The van der Waals surface area contributed by atoms with Gasteiger partial charge in [0.15, 0.2) is 0 Å². The van der Waals surface area contributed by atoms with E-state index < -0.39 is 0 Å². The Hall–Kier alpha value is -1.52. The number of para-hydroxylation sites is 1. The van der Waals surface area contributed by atoms with E-state index in [1.54, 1.807) is 35.1 Å². The Kier molecular flexibility index (Phi) is 4.41. The molecule has 0 aliphatic rings. The third kappa shape index (κ3) is 2.85. The summed E-state index contributed by atoms with van der Waals surface area (Å²) in [5.41, 5.74) is 2.70. The molecule has 0 bridgehead atoms. The van der Waals surface area contributed by atoms with Crippen LogP contribution in [-0.2, 0) is 6.61 Å². The van der Waals surface area contributed by atoms with Crippen LogP contribution in [0.15, 0.2) is 48.7 Å². The van der Waals surface area contributed by atoms with Crippen LogP contribution in [0.2, 0.25) is 15.1 Å². The van der Waals surface area contributed by atoms with Crippen molar-refractivity contribution in [1.29, 1.82) is 0 Å². The Morgan fingerprint density at radius 1 is 1.00 bits per heavy atom. The van der Waals surface area contributed by atoms with Gasteiger partial charge in [-0.2, -0.15) is 5.10 Å². The van der Waals surface area contributed by atoms with Crippen LogP contribution in [0.1, 0.15) is 5.56 Å². The van der Waals surface area contributed by atoms with E-state index in [-0.39, 0.29) is 6.61 Å². The van der Waals surface area contributed by atoms with E-state index in [0.717, 1.165) is 5.69 Å². The van der Waals surface area contributed by atoms with Crippen molar-refractivity contribution < 1.29 is 5.11 Å². The second kappa shape index (κ2) is 6.31. The first kappa shape index (κ1) is 15.4. The maximum atomic E-state index is 9.60. The molecule has 6 heteroatoms. The number of hydrogen-bond acceptors (Lipinski definition) is 2. The maximum absolute atomic E-state index is 9.60. The first-order chi connectivity index (χ1) is 10.6. The number of aliphatic hydroxyl groups excluding tert-OH is 1. The summed E-state index contributed by atoms with van der Waals surface area (Å²) in [6.45, 7) is -0.154. The predicted molar refractivity (Wildman–Crippen MR) is 90.0 cm³/mol. The Morgan fingerprint density at radius 3 is 2.45 bits per heavy atom. The van der Waals surface area contributed by atoms with E-state index in [2.05, 4.69) is 5.10 Å². The third-order valence-corrected chi connectivity index (χ3v) is 4.11. The molecule has 3 nitrogen and oxygen atoms in total. The van der Waals surface area contributed by atoms with Crippen LogP contribution in [0, 0.1) is 0 Å². The Balaban J connectivity index is 2.15. The van der Waals surface area contributed by atoms with Crippen LogP contribution in [-0.4, -0.2) is 14.9 Å². The average molecular weight is 354 g/mol. The van der Waals surface area contributed by atoms with Crippen molar-refractivity contribution in [3.63, 3.8) is 0 Å². The number of aliphatic hydroxyl groups is 1. The summed E-state index contributed by atoms with van der Waals surface area (Å²) in [4.78, 5) is 0. The normalized spacial score (nSPS) is 10.9. The number of nitrogens with zero attached hydrogens (tertiary/aromatic N) is 2. The minimum Gasteiger partial charge on any atom is -0.392 e. The second-order valence-electron chi connectivity index (χ2n) is 4.68. The fourth-order valence-electron chi connectivity index (χ4n) is 2.19. The number of rotatable bonds is 3. The molecule has 0 fully saturated rings. The Morgan fingerprint density at radius 2 is 1.77 bits per heavy atom. The van der Waals surface area contributed by atoms with Gasteiger partial charge in [0.2, 0.25) is 0 Å². The summed E-state index contributed by atoms with van der Waals surface area (Å²) in [6.07, 6.45) is 1.74. The van der Waals surface area contributed by atoms with Crippen molar-refractivity contribution in [1.82, 2.24) is 9.78 Å². The monoisotopic (exact) mass is 352 g/mol. The largest absolute Gasteiger partial charge is 0.392 e. The summed E-state index contributed by atoms with van der Waals surface area (Å²) in [5, 5.41) is 15.7. The Labute approximate surface area is 142 Å². The van der Waals surface area contributed by atoms with Gasteiger partial charge in [-0.3, -0.25) is 0 Å². The summed E-state index contributed by atoms with van der Waals surface area (Å²) in [6, 6.07) is 12.5. The van der Waals surface area contributed by atoms with Gasteiger partial charge in [0.1, 0.15) is 0 Å². The van der Waals surface area contributed by atoms with Gasteiger partial charge >= 0.3 is 0 Å². The number of halogens is 3. The highest BCUT2D eigenvalue weighted by Gasteiger charge is 2.15. The van der Waals surface area contributed by atoms with Crippen LogP contribution >= 0.6 is 34.8 Å². The molecule has 1 heterocycles. The lowest BCUT2D eigenvalue weighted by molar-refractivity contribution is 0.282. The zero-order chi connectivity index (χ0) is 15.7. The predicted octanol–water partition coefficient (Wildman–Crippen LogP) is 4.99. The Bertz CT molecular complexity index is 830. The van der Waals surface area contributed by atoms with Gasteiger partial charge in [-0.1, -0.05) is 46.9 Å². The summed E-state index contributed by atoms with van der Waals surface area (Å²) in [5.74, 6) is 0. The first-order valence-electron chi connectivity index (χ1n) is 6.50. The lowest BCUT2D eigenvalue weighted by Crippen LogP contribution is -1.95. The van der Waals surface area contributed by atoms with E-state index in [1.807, 2.05) is 18.2 Å². The standard InChI is InChI=1S/C16H11Cl3N2O/c17-11-5-6-12(14(19)7-11)16-10(9-22)8-21(20-16)15-4-2-1-3-13(15)18/h1-8,22H,9H2. The van der Waals surface area contributed by atoms with Gasteiger partial charge in [0.05, 0.1) is 28.0 Å². The minimum atomic E-state index is -0.154. The molecule has 0 unspecified atom stereocenters. The van der Waals surface area contributed by atoms with E-state index in [4.69, 9.17) is 34.8 Å². The molecule has 22 heavy (non-hydrogen) atoms. The SMILES string of the molecule is OCc1cn(-c2ccccc2Cl)nc1-c1ccc(Cl)cc1Cl. The molecule has 0 radical (unpaired) electrons. The molecule has 0 aliphatic carbocycles. The zero-order valence-electron chi connectivity index (χ0n) is 11.3. The van der Waals surface area contributed by atoms with Crippen LogP contribution < -0.4 is 0 Å². The van der Waals surface area contributed by atoms with Crippen LogP contribution in [0.4, 0.5) is 0 Å². The highest BCUT2D eigenvalue weighted by atomic mass is 35.5. The van der Waals surface area contributed by atoms with Crippen LogP contribution in [0.25, 0.3) is 16.9 Å². The molecule has 3 rings (SSSR count). The summed E-state index contributed by atoms with van der Waals surface area (Å²) in [7, 11) is 0. The van der Waals surface area contributed by atoms with Crippen molar-refractivity contribution in [2.45, 2.75) is 6.61 Å². The van der Waals surface area contributed by atoms with Gasteiger partial charge in [-0.05, 0) is 30.3 Å². The summed E-state index contributed by atoms with van der Waals surface area (Å²) >= 11 is 18.4. The highest BCUT2D eigenvalue weighted by molar-refractivity contribution is 6.36. The lowest BCUT2D eigenvalue weighted by atomic mass is 10.1. The second-order valence-corrected chi connectivity index (χ2v) is 5.93. The molecule has 1 N–H and O–H groups in total. The smallest absolute Gasteiger partial charge is 0.0997 e. The molecule has 1 aromatic heterocycles. The zero-order valence-corrected chi connectivity index (χ0v) is 13.6. The van der Waals surface area contributed by atoms with Gasteiger partial charge < -0.3 is 5.11 Å². The molecule has 2 aromatic carbocycles. The van der Waals surface area contributed by atoms with E-state index in [0.29, 0.717) is 31.9 Å². The van der Waals surface area contributed by atoms with Crippen molar-refractivity contribution in [3.05, 3.63) is 69.3 Å². The molecule has 0 spiro atoms. The molecule has 3 aromatic rings. The van der Waals surface area contributed by atoms with Crippen molar-refractivity contribution in [2.75, 3.05) is 0 Å². The molecule has 0 saturated carbocycles. The fraction of sp³-hybridized carbons (Fsp3) is 0.0625. The molecular formula is C16H11Cl3N2O. The summed E-state index contributed by atoms with van der Waals surface area (Å²) < 4.78 is 1.63. The molecule has 0 saturated heterocycles. The molecule has 112 valence electrons. The first-order valence-corrected chi connectivity index (χ1v) is 7.63. The van der Waals surface area contributed by atoms with Crippen LogP contribution in [0.3, 0.4) is 0 Å². The van der Waals surface area contributed by atoms with Crippen molar-refractivity contribution in [2.24, 2.45) is 0 Å². The van der Waals surface area contributed by atoms with E-state index >= 15 is 0 Å². The fourth-order valence-corrected chi connectivity index (χ4v) is 2.91. The topological polar surface area (TPSA) is 38.0 Å². The van der Waals surface area contributed by atoms with Crippen molar-refractivity contribution in [3.8, 4) is 16.9 Å². The lowest BCUT2D eigenvalue weighted by Gasteiger charge is -2.04. The molecule has 0 aliphatic heterocycles. The minimum absolute atomic E-state index is 0.154. The average Bonchev–Trinajstić information content (AvgIpc) is 2.91. The molecule has 0 atom stereocenters. The highest BCUT2D eigenvalue weighted by Crippen LogP contribution is 2.32.